The van der Waals surface area contributed by atoms with Crippen molar-refractivity contribution in [2.75, 3.05) is 0 Å². The van der Waals surface area contributed by atoms with Crippen LogP contribution in [0.25, 0.3) is 0 Å². The normalized spacial score (nSPS) is 10.2. The summed E-state index contributed by atoms with van der Waals surface area (Å²) in [5, 5.41) is 1.57. The van der Waals surface area contributed by atoms with Crippen LogP contribution in [0.4, 0.5) is 0 Å². The van der Waals surface area contributed by atoms with Gasteiger partial charge in [0.25, 0.3) is 0 Å². The number of hydrogen-bond donors (Lipinski definition) is 1. The zero-order valence-corrected chi connectivity index (χ0v) is 10.3. The van der Waals surface area contributed by atoms with Crippen molar-refractivity contribution in [3.8, 4) is 0 Å². The minimum absolute atomic E-state index is 0.442. The quantitative estimate of drug-likeness (QED) is 0.665. The molecule has 2 N–H and O–H groups in total. The molecule has 76 valence electrons. The lowest BCUT2D eigenvalue weighted by Gasteiger charge is -2.07. The van der Waals surface area contributed by atoms with E-state index in [0.29, 0.717) is 32.9 Å². The number of rotatable bonds is 3. The van der Waals surface area contributed by atoms with Crippen molar-refractivity contribution >= 4 is 52.0 Å². The monoisotopic (exact) mass is 267 g/mol. The van der Waals surface area contributed by atoms with Gasteiger partial charge in [-0.25, -0.2) is 0 Å². The predicted octanol–water partition coefficient (Wildman–Crippen LogP) is 3.87. The number of thiocarbonyl (C=S) groups is 1. The van der Waals surface area contributed by atoms with E-state index in [9.17, 15) is 0 Å². The molecule has 0 bridgehead atoms. The van der Waals surface area contributed by atoms with Crippen LogP contribution in [0.5, 0.6) is 0 Å². The van der Waals surface area contributed by atoms with Crippen LogP contribution in [0.2, 0.25) is 15.1 Å². The molecular weight excluding hydrogens is 261 g/mol. The smallest absolute Gasteiger partial charge is 0.0730 e. The molecule has 14 heavy (non-hydrogen) atoms. The molecule has 0 atom stereocenters. The Balaban J connectivity index is 2.95. The number of benzene rings is 1. The Labute approximate surface area is 103 Å². The molecule has 1 nitrogen and oxygen atoms in total. The first-order chi connectivity index (χ1) is 6.52. The summed E-state index contributed by atoms with van der Waals surface area (Å²) < 4.78 is 0. The molecule has 0 saturated heterocycles. The molecule has 1 aromatic carbocycles. The van der Waals surface area contributed by atoms with E-state index in [1.165, 1.54) is 0 Å². The van der Waals surface area contributed by atoms with Gasteiger partial charge in [-0.3, -0.25) is 0 Å². The molecule has 0 unspecified atom stereocenters. The minimum Gasteiger partial charge on any atom is -0.393 e. The molecule has 0 aliphatic carbocycles. The lowest BCUT2D eigenvalue weighted by molar-refractivity contribution is 1.04. The van der Waals surface area contributed by atoms with Gasteiger partial charge in [0, 0.05) is 11.4 Å². The maximum absolute atomic E-state index is 5.98. The van der Waals surface area contributed by atoms with Crippen molar-refractivity contribution in [3.05, 3.63) is 32.8 Å². The first-order valence-corrected chi connectivity index (χ1v) is 5.47. The molecule has 0 fully saturated rings. The molecule has 0 radical (unpaired) electrons. The highest BCUT2D eigenvalue weighted by Gasteiger charge is 2.09. The Kier molecular flexibility index (Phi) is 4.45. The molecule has 1 aromatic rings. The van der Waals surface area contributed by atoms with Crippen LogP contribution in [0, 0.1) is 0 Å². The van der Waals surface area contributed by atoms with Gasteiger partial charge >= 0.3 is 0 Å². The summed E-state index contributed by atoms with van der Waals surface area (Å²) in [5.41, 5.74) is 6.19. The fourth-order valence-corrected chi connectivity index (χ4v) is 1.89. The van der Waals surface area contributed by atoms with Gasteiger partial charge in [0.2, 0.25) is 0 Å². The highest BCUT2D eigenvalue weighted by molar-refractivity contribution is 7.80. The van der Waals surface area contributed by atoms with Crippen LogP contribution in [0.15, 0.2) is 12.1 Å². The average Bonchev–Trinajstić information content (AvgIpc) is 2.11. The van der Waals surface area contributed by atoms with E-state index in [2.05, 4.69) is 0 Å². The molecular formula is C9H8Cl3NS. The highest BCUT2D eigenvalue weighted by atomic mass is 35.5. The molecule has 0 amide bonds. The Morgan fingerprint density at radius 1 is 1.21 bits per heavy atom. The number of hydrogen-bond acceptors (Lipinski definition) is 1. The van der Waals surface area contributed by atoms with E-state index < -0.39 is 0 Å². The van der Waals surface area contributed by atoms with Crippen molar-refractivity contribution in [1.29, 1.82) is 0 Å². The summed E-state index contributed by atoms with van der Waals surface area (Å²) in [4.78, 5) is 0.442. The van der Waals surface area contributed by atoms with Crippen molar-refractivity contribution in [3.63, 3.8) is 0 Å². The zero-order chi connectivity index (χ0) is 10.7. The van der Waals surface area contributed by atoms with E-state index in [0.717, 1.165) is 5.56 Å². The van der Waals surface area contributed by atoms with Gasteiger partial charge in [0.15, 0.2) is 0 Å². The van der Waals surface area contributed by atoms with Crippen molar-refractivity contribution < 1.29 is 0 Å². The summed E-state index contributed by atoms with van der Waals surface area (Å²) in [6.07, 6.45) is 1.20. The Hall–Kier alpha value is -0.0200. The first kappa shape index (κ1) is 12.1. The second-order valence-corrected chi connectivity index (χ2v) is 4.50. The Morgan fingerprint density at radius 2 is 1.79 bits per heavy atom. The van der Waals surface area contributed by atoms with Crippen LogP contribution in [0.3, 0.4) is 0 Å². The van der Waals surface area contributed by atoms with Gasteiger partial charge in [-0.05, 0) is 24.1 Å². The maximum atomic E-state index is 5.98. The van der Waals surface area contributed by atoms with Crippen LogP contribution in [0.1, 0.15) is 12.0 Å². The summed E-state index contributed by atoms with van der Waals surface area (Å²) in [6, 6.07) is 3.38. The van der Waals surface area contributed by atoms with Gasteiger partial charge < -0.3 is 5.73 Å². The fraction of sp³-hybridized carbons (Fsp3) is 0.222. The maximum Gasteiger partial charge on any atom is 0.0730 e. The zero-order valence-electron chi connectivity index (χ0n) is 7.19. The SMILES string of the molecule is NC(=S)CCc1c(Cl)ccc(Cl)c1Cl. The minimum atomic E-state index is 0.442. The van der Waals surface area contributed by atoms with Gasteiger partial charge in [0.05, 0.1) is 15.0 Å². The van der Waals surface area contributed by atoms with Crippen molar-refractivity contribution in [2.45, 2.75) is 12.8 Å². The summed E-state index contributed by atoms with van der Waals surface area (Å²) >= 11 is 22.6. The lowest BCUT2D eigenvalue weighted by atomic mass is 10.1. The third kappa shape index (κ3) is 2.99. The molecule has 0 heterocycles. The third-order valence-electron chi connectivity index (χ3n) is 1.76. The molecule has 0 aromatic heterocycles. The summed E-state index contributed by atoms with van der Waals surface area (Å²) in [6.45, 7) is 0. The molecule has 0 saturated carbocycles. The van der Waals surface area contributed by atoms with E-state index in [1.54, 1.807) is 12.1 Å². The molecule has 5 heteroatoms. The van der Waals surface area contributed by atoms with Gasteiger partial charge in [-0.2, -0.15) is 0 Å². The molecule has 1 rings (SSSR count). The van der Waals surface area contributed by atoms with Crippen LogP contribution in [-0.2, 0) is 6.42 Å². The number of halogens is 3. The van der Waals surface area contributed by atoms with E-state index in [1.807, 2.05) is 0 Å². The van der Waals surface area contributed by atoms with Crippen LogP contribution < -0.4 is 5.73 Å². The Morgan fingerprint density at radius 3 is 2.36 bits per heavy atom. The van der Waals surface area contributed by atoms with E-state index in [4.69, 9.17) is 52.8 Å². The highest BCUT2D eigenvalue weighted by Crippen LogP contribution is 2.32. The molecule has 0 spiro atoms. The largest absolute Gasteiger partial charge is 0.393 e. The Bertz CT molecular complexity index is 365. The van der Waals surface area contributed by atoms with E-state index >= 15 is 0 Å². The standard InChI is InChI=1S/C9H8Cl3NS/c10-6-2-3-7(11)9(12)5(6)1-4-8(13)14/h2-3H,1,4H2,(H2,13,14). The topological polar surface area (TPSA) is 26.0 Å². The summed E-state index contributed by atoms with van der Waals surface area (Å²) in [5.74, 6) is 0. The number of nitrogens with two attached hydrogens (primary N) is 1. The van der Waals surface area contributed by atoms with Crippen LogP contribution in [-0.4, -0.2) is 4.99 Å². The van der Waals surface area contributed by atoms with Crippen molar-refractivity contribution in [1.82, 2.24) is 0 Å². The lowest BCUT2D eigenvalue weighted by Crippen LogP contribution is -2.08. The first-order valence-electron chi connectivity index (χ1n) is 3.93. The summed E-state index contributed by atoms with van der Waals surface area (Å²) in [7, 11) is 0. The van der Waals surface area contributed by atoms with Crippen molar-refractivity contribution in [2.24, 2.45) is 5.73 Å². The average molecular weight is 269 g/mol. The predicted molar refractivity (Wildman–Crippen MR) is 66.6 cm³/mol. The second kappa shape index (κ2) is 5.17. The van der Waals surface area contributed by atoms with Gasteiger partial charge in [-0.15, -0.1) is 0 Å². The van der Waals surface area contributed by atoms with Crippen LogP contribution >= 0.6 is 47.0 Å². The van der Waals surface area contributed by atoms with Gasteiger partial charge in [0.1, 0.15) is 0 Å². The fourth-order valence-electron chi connectivity index (χ4n) is 1.05. The van der Waals surface area contributed by atoms with E-state index in [-0.39, 0.29) is 0 Å². The second-order valence-electron chi connectivity index (χ2n) is 2.79. The molecule has 0 aliphatic rings. The molecule has 0 aliphatic heterocycles. The third-order valence-corrected chi connectivity index (χ3v) is 3.16. The van der Waals surface area contributed by atoms with Gasteiger partial charge in [-0.1, -0.05) is 47.0 Å².